The van der Waals surface area contributed by atoms with Gasteiger partial charge in [-0.2, -0.15) is 10.4 Å². The van der Waals surface area contributed by atoms with E-state index < -0.39 is 0 Å². The van der Waals surface area contributed by atoms with E-state index in [2.05, 4.69) is 11.2 Å². The summed E-state index contributed by atoms with van der Waals surface area (Å²) in [6.45, 7) is 3.96. The first-order chi connectivity index (χ1) is 8.54. The quantitative estimate of drug-likeness (QED) is 0.828. The van der Waals surface area contributed by atoms with Gasteiger partial charge in [0.25, 0.3) is 0 Å². The van der Waals surface area contributed by atoms with Crippen LogP contribution in [0.25, 0.3) is 5.69 Å². The summed E-state index contributed by atoms with van der Waals surface area (Å²) in [6, 6.07) is 9.25. The molecule has 0 aliphatic carbocycles. The van der Waals surface area contributed by atoms with Gasteiger partial charge in [0.15, 0.2) is 5.15 Å². The van der Waals surface area contributed by atoms with Crippen LogP contribution in [0.5, 0.6) is 0 Å². The Hall–Kier alpha value is -1.50. The second kappa shape index (κ2) is 5.01. The topological polar surface area (TPSA) is 41.6 Å². The molecule has 0 saturated carbocycles. The Bertz CT molecular complexity index is 606. The van der Waals surface area contributed by atoms with Crippen LogP contribution < -0.4 is 0 Å². The second-order valence-corrected chi connectivity index (χ2v) is 5.00. The summed E-state index contributed by atoms with van der Waals surface area (Å²) < 4.78 is 1.56. The molecule has 5 heteroatoms. The summed E-state index contributed by atoms with van der Waals surface area (Å²) in [5.41, 5.74) is 1.92. The number of benzene rings is 1. The minimum absolute atomic E-state index is 0.144. The third-order valence-corrected chi connectivity index (χ3v) is 3.19. The van der Waals surface area contributed by atoms with Crippen molar-refractivity contribution in [1.82, 2.24) is 9.78 Å². The number of halogens is 2. The molecule has 92 valence electrons. The lowest BCUT2D eigenvalue weighted by Gasteiger charge is -2.03. The van der Waals surface area contributed by atoms with E-state index in [-0.39, 0.29) is 5.92 Å². The molecule has 0 fully saturated rings. The highest BCUT2D eigenvalue weighted by Crippen LogP contribution is 2.27. The minimum atomic E-state index is 0.144. The molecule has 0 aliphatic rings. The number of aromatic nitrogens is 2. The van der Waals surface area contributed by atoms with Crippen LogP contribution in [0.15, 0.2) is 24.3 Å². The number of rotatable bonds is 2. The molecule has 0 saturated heterocycles. The lowest BCUT2D eigenvalue weighted by Crippen LogP contribution is -1.98. The summed E-state index contributed by atoms with van der Waals surface area (Å²) in [6.07, 6.45) is 0. The Balaban J connectivity index is 2.59. The molecular weight excluding hydrogens is 269 g/mol. The summed E-state index contributed by atoms with van der Waals surface area (Å²) in [7, 11) is 0. The van der Waals surface area contributed by atoms with E-state index >= 15 is 0 Å². The summed E-state index contributed by atoms with van der Waals surface area (Å²) in [4.78, 5) is 0. The SMILES string of the molecule is CC(C)c1nn(-c2ccc(Cl)cc2)c(Cl)c1C#N. The van der Waals surface area contributed by atoms with Crippen molar-refractivity contribution in [2.24, 2.45) is 0 Å². The van der Waals surface area contributed by atoms with Crippen molar-refractivity contribution in [2.45, 2.75) is 19.8 Å². The molecule has 2 aromatic rings. The summed E-state index contributed by atoms with van der Waals surface area (Å²) in [5, 5.41) is 14.5. The van der Waals surface area contributed by atoms with Crippen molar-refractivity contribution in [1.29, 1.82) is 5.26 Å². The van der Waals surface area contributed by atoms with E-state index in [1.807, 2.05) is 26.0 Å². The van der Waals surface area contributed by atoms with E-state index in [1.54, 1.807) is 16.8 Å². The maximum Gasteiger partial charge on any atom is 0.150 e. The zero-order valence-electron chi connectivity index (χ0n) is 9.98. The first-order valence-electron chi connectivity index (χ1n) is 5.49. The molecule has 1 aromatic heterocycles. The molecule has 0 aliphatic heterocycles. The normalized spacial score (nSPS) is 10.7. The fraction of sp³-hybridized carbons (Fsp3) is 0.231. The van der Waals surface area contributed by atoms with Crippen molar-refractivity contribution < 1.29 is 0 Å². The molecule has 0 atom stereocenters. The molecule has 1 heterocycles. The van der Waals surface area contributed by atoms with Gasteiger partial charge in [-0.3, -0.25) is 0 Å². The molecule has 3 nitrogen and oxygen atoms in total. The van der Waals surface area contributed by atoms with Gasteiger partial charge in [-0.25, -0.2) is 4.68 Å². The van der Waals surface area contributed by atoms with Gasteiger partial charge in [-0.1, -0.05) is 37.0 Å². The van der Waals surface area contributed by atoms with Gasteiger partial charge in [-0.05, 0) is 30.2 Å². The Labute approximate surface area is 116 Å². The first-order valence-corrected chi connectivity index (χ1v) is 6.24. The predicted molar refractivity (Wildman–Crippen MR) is 72.4 cm³/mol. The van der Waals surface area contributed by atoms with Gasteiger partial charge in [0.1, 0.15) is 11.6 Å². The van der Waals surface area contributed by atoms with Crippen molar-refractivity contribution in [2.75, 3.05) is 0 Å². The number of hydrogen-bond donors (Lipinski definition) is 0. The Morgan fingerprint density at radius 3 is 2.28 bits per heavy atom. The number of nitrogens with zero attached hydrogens (tertiary/aromatic N) is 3. The molecule has 0 amide bonds. The van der Waals surface area contributed by atoms with E-state index in [9.17, 15) is 0 Å². The third-order valence-electron chi connectivity index (χ3n) is 2.59. The maximum absolute atomic E-state index is 9.14. The smallest absolute Gasteiger partial charge is 0.150 e. The highest BCUT2D eigenvalue weighted by molar-refractivity contribution is 6.31. The monoisotopic (exact) mass is 279 g/mol. The largest absolute Gasteiger partial charge is 0.221 e. The Kier molecular flexibility index (Phi) is 3.60. The minimum Gasteiger partial charge on any atom is -0.221 e. The fourth-order valence-electron chi connectivity index (χ4n) is 1.67. The number of nitriles is 1. The van der Waals surface area contributed by atoms with Crippen LogP contribution in [0.4, 0.5) is 0 Å². The van der Waals surface area contributed by atoms with Crippen LogP contribution in [0, 0.1) is 11.3 Å². The van der Waals surface area contributed by atoms with Crippen molar-refractivity contribution in [3.05, 3.63) is 45.7 Å². The standard InChI is InChI=1S/C13H11Cl2N3/c1-8(2)12-11(7-16)13(15)18(17-12)10-5-3-9(14)4-6-10/h3-6,8H,1-2H3. The number of hydrogen-bond acceptors (Lipinski definition) is 2. The fourth-order valence-corrected chi connectivity index (χ4v) is 2.07. The van der Waals surface area contributed by atoms with Crippen LogP contribution in [-0.4, -0.2) is 9.78 Å². The lowest BCUT2D eigenvalue weighted by molar-refractivity contribution is 0.767. The Morgan fingerprint density at radius 2 is 1.83 bits per heavy atom. The van der Waals surface area contributed by atoms with Gasteiger partial charge < -0.3 is 0 Å². The van der Waals surface area contributed by atoms with Crippen LogP contribution in [0.1, 0.15) is 31.0 Å². The molecule has 0 radical (unpaired) electrons. The summed E-state index contributed by atoms with van der Waals surface area (Å²) in [5.74, 6) is 0.144. The van der Waals surface area contributed by atoms with E-state index in [0.29, 0.717) is 21.4 Å². The van der Waals surface area contributed by atoms with E-state index in [4.69, 9.17) is 28.5 Å². The van der Waals surface area contributed by atoms with Crippen molar-refractivity contribution >= 4 is 23.2 Å². The molecular formula is C13H11Cl2N3. The highest BCUT2D eigenvalue weighted by Gasteiger charge is 2.19. The third kappa shape index (κ3) is 2.22. The lowest BCUT2D eigenvalue weighted by atomic mass is 10.1. The van der Waals surface area contributed by atoms with Crippen molar-refractivity contribution in [3.63, 3.8) is 0 Å². The average Bonchev–Trinajstić information content (AvgIpc) is 2.67. The van der Waals surface area contributed by atoms with Gasteiger partial charge in [0, 0.05) is 5.02 Å². The van der Waals surface area contributed by atoms with Crippen LogP contribution >= 0.6 is 23.2 Å². The molecule has 2 rings (SSSR count). The van der Waals surface area contributed by atoms with Crippen LogP contribution in [-0.2, 0) is 0 Å². The zero-order valence-corrected chi connectivity index (χ0v) is 11.5. The van der Waals surface area contributed by atoms with Gasteiger partial charge in [0.2, 0.25) is 0 Å². The van der Waals surface area contributed by atoms with Gasteiger partial charge in [0.05, 0.1) is 11.4 Å². The van der Waals surface area contributed by atoms with Crippen molar-refractivity contribution in [3.8, 4) is 11.8 Å². The molecule has 18 heavy (non-hydrogen) atoms. The molecule has 0 unspecified atom stereocenters. The second-order valence-electron chi connectivity index (χ2n) is 4.21. The predicted octanol–water partition coefficient (Wildman–Crippen LogP) is 4.17. The first kappa shape index (κ1) is 12.9. The van der Waals surface area contributed by atoms with Gasteiger partial charge in [-0.15, -0.1) is 0 Å². The highest BCUT2D eigenvalue weighted by atomic mass is 35.5. The van der Waals surface area contributed by atoms with Crippen LogP contribution in [0.3, 0.4) is 0 Å². The Morgan fingerprint density at radius 1 is 1.22 bits per heavy atom. The zero-order chi connectivity index (χ0) is 13.3. The van der Waals surface area contributed by atoms with Gasteiger partial charge >= 0.3 is 0 Å². The molecule has 0 bridgehead atoms. The van der Waals surface area contributed by atoms with E-state index in [0.717, 1.165) is 5.69 Å². The van der Waals surface area contributed by atoms with E-state index in [1.165, 1.54) is 0 Å². The molecule has 0 spiro atoms. The summed E-state index contributed by atoms with van der Waals surface area (Å²) >= 11 is 12.0. The molecule has 1 aromatic carbocycles. The average molecular weight is 280 g/mol. The molecule has 0 N–H and O–H groups in total. The maximum atomic E-state index is 9.14. The van der Waals surface area contributed by atoms with Crippen LogP contribution in [0.2, 0.25) is 10.2 Å².